The van der Waals surface area contributed by atoms with E-state index in [0.717, 1.165) is 0 Å². The van der Waals surface area contributed by atoms with E-state index in [1.165, 1.54) is 6.20 Å². The molecule has 2 atom stereocenters. The summed E-state index contributed by atoms with van der Waals surface area (Å²) in [5, 5.41) is 21.6. The molecule has 100 valence electrons. The smallest absolute Gasteiger partial charge is 0.234 e. The second-order valence-corrected chi connectivity index (χ2v) is 5.08. The van der Waals surface area contributed by atoms with E-state index in [-0.39, 0.29) is 30.8 Å². The van der Waals surface area contributed by atoms with Crippen molar-refractivity contribution in [3.8, 4) is 5.88 Å². The number of rotatable bonds is 5. The van der Waals surface area contributed by atoms with Crippen LogP contribution >= 0.6 is 0 Å². The summed E-state index contributed by atoms with van der Waals surface area (Å²) in [5.41, 5.74) is -0.163. The Bertz CT molecular complexity index is 411. The molecule has 0 saturated heterocycles. The monoisotopic (exact) mass is 253 g/mol. The maximum absolute atomic E-state index is 9.67. The molecule has 1 fully saturated rings. The molecule has 3 N–H and O–H groups in total. The highest BCUT2D eigenvalue weighted by atomic mass is 16.5. The van der Waals surface area contributed by atoms with Gasteiger partial charge in [-0.05, 0) is 6.42 Å². The Labute approximate surface area is 106 Å². The topological polar surface area (TPSA) is 87.5 Å². The summed E-state index contributed by atoms with van der Waals surface area (Å²) in [5.74, 6) is 1.00. The SMILES string of the molecule is CC1(C)C(O)CC1Nc1cncc(OCCO)n1. The molecule has 6 heteroatoms. The third-order valence-electron chi connectivity index (χ3n) is 3.49. The van der Waals surface area contributed by atoms with Crippen LogP contribution < -0.4 is 10.1 Å². The highest BCUT2D eigenvalue weighted by molar-refractivity contribution is 5.36. The predicted molar refractivity (Wildman–Crippen MR) is 66.4 cm³/mol. The molecule has 2 rings (SSSR count). The molecule has 0 aliphatic heterocycles. The molecule has 0 amide bonds. The molecule has 1 aliphatic rings. The Kier molecular flexibility index (Phi) is 3.68. The summed E-state index contributed by atoms with van der Waals surface area (Å²) in [6.07, 6.45) is 3.54. The molecule has 6 nitrogen and oxygen atoms in total. The van der Waals surface area contributed by atoms with Crippen LogP contribution in [0.3, 0.4) is 0 Å². The van der Waals surface area contributed by atoms with Crippen molar-refractivity contribution in [2.75, 3.05) is 18.5 Å². The van der Waals surface area contributed by atoms with Crippen LogP contribution in [0.1, 0.15) is 20.3 Å². The van der Waals surface area contributed by atoms with Crippen molar-refractivity contribution >= 4 is 5.82 Å². The quantitative estimate of drug-likeness (QED) is 0.705. The van der Waals surface area contributed by atoms with Gasteiger partial charge in [0.15, 0.2) is 0 Å². The number of nitrogens with zero attached hydrogens (tertiary/aromatic N) is 2. The van der Waals surface area contributed by atoms with E-state index in [9.17, 15) is 5.11 Å². The first-order valence-corrected chi connectivity index (χ1v) is 6.04. The number of hydrogen-bond donors (Lipinski definition) is 3. The number of nitrogens with one attached hydrogen (secondary N) is 1. The van der Waals surface area contributed by atoms with Gasteiger partial charge in [-0.15, -0.1) is 0 Å². The van der Waals surface area contributed by atoms with E-state index in [4.69, 9.17) is 9.84 Å². The number of aliphatic hydroxyl groups excluding tert-OH is 2. The summed E-state index contributed by atoms with van der Waals surface area (Å²) >= 11 is 0. The average Bonchev–Trinajstić information content (AvgIpc) is 2.36. The lowest BCUT2D eigenvalue weighted by Gasteiger charge is -2.49. The van der Waals surface area contributed by atoms with Gasteiger partial charge < -0.3 is 20.3 Å². The largest absolute Gasteiger partial charge is 0.474 e. The van der Waals surface area contributed by atoms with Crippen molar-refractivity contribution in [3.05, 3.63) is 12.4 Å². The van der Waals surface area contributed by atoms with Gasteiger partial charge in [0.25, 0.3) is 0 Å². The molecule has 1 aromatic heterocycles. The van der Waals surface area contributed by atoms with Crippen molar-refractivity contribution in [2.45, 2.75) is 32.4 Å². The van der Waals surface area contributed by atoms with Gasteiger partial charge in [0.2, 0.25) is 5.88 Å². The van der Waals surface area contributed by atoms with E-state index in [1.807, 2.05) is 13.8 Å². The number of aliphatic hydroxyl groups is 2. The van der Waals surface area contributed by atoms with Gasteiger partial charge in [-0.2, -0.15) is 4.98 Å². The first-order chi connectivity index (χ1) is 8.54. The van der Waals surface area contributed by atoms with Gasteiger partial charge in [0.05, 0.1) is 25.1 Å². The Hall–Kier alpha value is -1.40. The van der Waals surface area contributed by atoms with Crippen LogP contribution in [0.15, 0.2) is 12.4 Å². The van der Waals surface area contributed by atoms with E-state index < -0.39 is 0 Å². The predicted octanol–water partition coefficient (Wildman–Crippen LogP) is 0.419. The van der Waals surface area contributed by atoms with Gasteiger partial charge in [-0.25, -0.2) is 0 Å². The molecule has 1 heterocycles. The Balaban J connectivity index is 1.98. The Morgan fingerprint density at radius 1 is 1.50 bits per heavy atom. The molecule has 0 aromatic carbocycles. The third-order valence-corrected chi connectivity index (χ3v) is 3.49. The average molecular weight is 253 g/mol. The molecular weight excluding hydrogens is 234 g/mol. The van der Waals surface area contributed by atoms with Crippen LogP contribution in [0.4, 0.5) is 5.82 Å². The first kappa shape index (κ1) is 13.0. The third kappa shape index (κ3) is 2.54. The minimum atomic E-state index is -0.281. The zero-order chi connectivity index (χ0) is 13.2. The van der Waals surface area contributed by atoms with Crippen molar-refractivity contribution in [2.24, 2.45) is 5.41 Å². The van der Waals surface area contributed by atoms with Crippen LogP contribution in [0.25, 0.3) is 0 Å². The van der Waals surface area contributed by atoms with Crippen molar-refractivity contribution in [1.82, 2.24) is 9.97 Å². The molecule has 1 saturated carbocycles. The van der Waals surface area contributed by atoms with Crippen molar-refractivity contribution < 1.29 is 14.9 Å². The van der Waals surface area contributed by atoms with E-state index in [2.05, 4.69) is 15.3 Å². The molecule has 1 aromatic rings. The lowest BCUT2D eigenvalue weighted by Crippen LogP contribution is -2.57. The Morgan fingerprint density at radius 3 is 2.89 bits per heavy atom. The van der Waals surface area contributed by atoms with Crippen LogP contribution in [-0.4, -0.2) is 45.5 Å². The summed E-state index contributed by atoms with van der Waals surface area (Å²) in [6, 6.07) is 0.176. The highest BCUT2D eigenvalue weighted by Crippen LogP contribution is 2.41. The van der Waals surface area contributed by atoms with Crippen LogP contribution in [0.5, 0.6) is 5.88 Å². The highest BCUT2D eigenvalue weighted by Gasteiger charge is 2.47. The van der Waals surface area contributed by atoms with Crippen LogP contribution in [-0.2, 0) is 0 Å². The van der Waals surface area contributed by atoms with Gasteiger partial charge in [-0.1, -0.05) is 13.8 Å². The maximum Gasteiger partial charge on any atom is 0.234 e. The molecule has 0 bridgehead atoms. The normalized spacial score (nSPS) is 25.3. The van der Waals surface area contributed by atoms with Crippen molar-refractivity contribution in [3.63, 3.8) is 0 Å². The molecule has 1 aliphatic carbocycles. The van der Waals surface area contributed by atoms with Gasteiger partial charge in [0, 0.05) is 11.5 Å². The molecule has 0 spiro atoms. The second kappa shape index (κ2) is 5.07. The molecule has 18 heavy (non-hydrogen) atoms. The molecule has 2 unspecified atom stereocenters. The summed E-state index contributed by atoms with van der Waals surface area (Å²) in [7, 11) is 0. The maximum atomic E-state index is 9.67. The lowest BCUT2D eigenvalue weighted by atomic mass is 9.64. The lowest BCUT2D eigenvalue weighted by molar-refractivity contribution is -0.0511. The zero-order valence-electron chi connectivity index (χ0n) is 10.6. The minimum absolute atomic E-state index is 0.0544. The van der Waals surface area contributed by atoms with E-state index in [1.54, 1.807) is 6.20 Å². The van der Waals surface area contributed by atoms with Crippen molar-refractivity contribution in [1.29, 1.82) is 0 Å². The zero-order valence-corrected chi connectivity index (χ0v) is 10.6. The minimum Gasteiger partial charge on any atom is -0.474 e. The summed E-state index contributed by atoms with van der Waals surface area (Å²) in [4.78, 5) is 8.26. The fraction of sp³-hybridized carbons (Fsp3) is 0.667. The fourth-order valence-electron chi connectivity index (χ4n) is 1.96. The summed E-state index contributed by atoms with van der Waals surface area (Å²) < 4.78 is 5.19. The molecule has 0 radical (unpaired) electrons. The van der Waals surface area contributed by atoms with E-state index >= 15 is 0 Å². The second-order valence-electron chi connectivity index (χ2n) is 5.08. The summed E-state index contributed by atoms with van der Waals surface area (Å²) in [6.45, 7) is 4.17. The Morgan fingerprint density at radius 2 is 2.28 bits per heavy atom. The van der Waals surface area contributed by atoms with Crippen LogP contribution in [0.2, 0.25) is 0 Å². The number of hydrogen-bond acceptors (Lipinski definition) is 6. The van der Waals surface area contributed by atoms with Gasteiger partial charge in [0.1, 0.15) is 12.4 Å². The van der Waals surface area contributed by atoms with Crippen LogP contribution in [0, 0.1) is 5.41 Å². The molecular formula is C12H19N3O3. The first-order valence-electron chi connectivity index (χ1n) is 6.04. The number of aromatic nitrogens is 2. The van der Waals surface area contributed by atoms with Gasteiger partial charge in [-0.3, -0.25) is 4.98 Å². The number of anilines is 1. The fourth-order valence-corrected chi connectivity index (χ4v) is 1.96. The standard InChI is InChI=1S/C12H19N3O3/c1-12(2)8(5-9(12)17)14-10-6-13-7-11(15-10)18-4-3-16/h6-9,16-17H,3-5H2,1-2H3,(H,14,15). The number of ether oxygens (including phenoxy) is 1. The van der Waals surface area contributed by atoms with E-state index in [0.29, 0.717) is 18.1 Å². The van der Waals surface area contributed by atoms with Gasteiger partial charge >= 0.3 is 0 Å².